The second-order valence-electron chi connectivity index (χ2n) is 13.9. The van der Waals surface area contributed by atoms with E-state index in [0.29, 0.717) is 18.8 Å². The molecule has 5 atom stereocenters. The summed E-state index contributed by atoms with van der Waals surface area (Å²) in [5.41, 5.74) is -1.76. The number of nitrogens with one attached hydrogen (secondary N) is 2. The van der Waals surface area contributed by atoms with Gasteiger partial charge in [0.25, 0.3) is 5.91 Å². The van der Waals surface area contributed by atoms with Crippen LogP contribution in [0.4, 0.5) is 4.79 Å². The van der Waals surface area contributed by atoms with Crippen molar-refractivity contribution < 1.29 is 38.1 Å². The maximum absolute atomic E-state index is 13.5. The van der Waals surface area contributed by atoms with Gasteiger partial charge in [0, 0.05) is 12.0 Å². The molecule has 0 aromatic carbocycles. The minimum Gasteiger partial charge on any atom is -0.468 e. The van der Waals surface area contributed by atoms with Gasteiger partial charge in [-0.15, -0.1) is 11.8 Å². The molecule has 2 saturated heterocycles. The summed E-state index contributed by atoms with van der Waals surface area (Å²) < 4.78 is 22.2. The van der Waals surface area contributed by atoms with E-state index in [4.69, 9.17) is 18.9 Å². The maximum atomic E-state index is 13.5. The summed E-state index contributed by atoms with van der Waals surface area (Å²) in [5, 5.41) is 6.01. The Hall–Kier alpha value is -2.22. The van der Waals surface area contributed by atoms with Crippen LogP contribution in [-0.2, 0) is 33.3 Å². The highest BCUT2D eigenvalue weighted by atomic mass is 32.2. The Morgan fingerprint density at radius 1 is 0.952 bits per heavy atom. The highest BCUT2D eigenvalue weighted by molar-refractivity contribution is 8.01. The summed E-state index contributed by atoms with van der Waals surface area (Å²) in [5.74, 6) is -1.64. The molecule has 0 bridgehead atoms. The zero-order valence-corrected chi connectivity index (χ0v) is 28.0. The number of hydrogen-bond donors (Lipinski definition) is 2. The lowest BCUT2D eigenvalue weighted by Gasteiger charge is -2.49. The van der Waals surface area contributed by atoms with Crippen LogP contribution < -0.4 is 10.6 Å². The van der Waals surface area contributed by atoms with Gasteiger partial charge in [0.2, 0.25) is 5.91 Å². The van der Waals surface area contributed by atoms with E-state index in [0.717, 1.165) is 0 Å². The molecule has 3 amide bonds. The average molecular weight is 615 g/mol. The molecule has 13 heteroatoms. The number of hydrogen-bond acceptors (Lipinski definition) is 10. The summed E-state index contributed by atoms with van der Waals surface area (Å²) in [7, 11) is 1.28. The minimum absolute atomic E-state index is 0.299. The second kappa shape index (κ2) is 13.6. The first-order valence-electron chi connectivity index (χ1n) is 14.3. The summed E-state index contributed by atoms with van der Waals surface area (Å²) in [6.45, 7) is 20.6. The fourth-order valence-corrected chi connectivity index (χ4v) is 6.14. The van der Waals surface area contributed by atoms with Crippen LogP contribution in [0.25, 0.3) is 0 Å². The fourth-order valence-electron chi connectivity index (χ4n) is 4.71. The number of carbonyl (C=O) groups is 4. The fraction of sp³-hybridized carbons (Fsp3) is 0.828. The van der Waals surface area contributed by atoms with E-state index in [-0.39, 0.29) is 5.91 Å². The molecule has 2 N–H and O–H groups in total. The van der Waals surface area contributed by atoms with Gasteiger partial charge in [0.1, 0.15) is 22.4 Å². The quantitative estimate of drug-likeness (QED) is 0.294. The number of esters is 1. The van der Waals surface area contributed by atoms with Crippen molar-refractivity contribution in [1.29, 1.82) is 0 Å². The summed E-state index contributed by atoms with van der Waals surface area (Å²) in [6.07, 6.45) is -0.585. The number of methoxy groups -OCH3 is 1. The third kappa shape index (κ3) is 10.8. The van der Waals surface area contributed by atoms with Crippen LogP contribution in [0.1, 0.15) is 76.2 Å². The average Bonchev–Trinajstić information content (AvgIpc) is 3.23. The van der Waals surface area contributed by atoms with Gasteiger partial charge in [0.05, 0.1) is 49.7 Å². The topological polar surface area (TPSA) is 145 Å². The van der Waals surface area contributed by atoms with Crippen molar-refractivity contribution in [2.24, 2.45) is 10.9 Å². The van der Waals surface area contributed by atoms with Crippen molar-refractivity contribution in [3.63, 3.8) is 0 Å². The molecular formula is C29H50N4O8S. The Morgan fingerprint density at radius 2 is 1.50 bits per heavy atom. The van der Waals surface area contributed by atoms with E-state index in [2.05, 4.69) is 15.6 Å². The molecule has 1 unspecified atom stereocenters. The number of aliphatic imine (C=N–C) groups is 1. The Kier molecular flexibility index (Phi) is 11.7. The summed E-state index contributed by atoms with van der Waals surface area (Å²) in [4.78, 5) is 56.6. The number of rotatable bonds is 9. The highest BCUT2D eigenvalue weighted by Crippen LogP contribution is 2.39. The maximum Gasteiger partial charge on any atom is 0.408 e. The molecular weight excluding hydrogens is 564 g/mol. The van der Waals surface area contributed by atoms with Crippen LogP contribution in [0, 0.1) is 5.92 Å². The smallest absolute Gasteiger partial charge is 0.408 e. The van der Waals surface area contributed by atoms with Crippen molar-refractivity contribution in [3.05, 3.63) is 0 Å². The molecule has 2 aliphatic rings. The monoisotopic (exact) mass is 614 g/mol. The number of amides is 3. The lowest BCUT2D eigenvalue weighted by atomic mass is 10.0. The molecule has 240 valence electrons. The molecule has 0 radical (unpaired) electrons. The molecule has 0 saturated carbocycles. The summed E-state index contributed by atoms with van der Waals surface area (Å²) >= 11 is 1.54. The predicted molar refractivity (Wildman–Crippen MR) is 161 cm³/mol. The second-order valence-corrected chi connectivity index (χ2v) is 15.3. The van der Waals surface area contributed by atoms with E-state index in [1.807, 2.05) is 41.5 Å². The lowest BCUT2D eigenvalue weighted by Crippen LogP contribution is -2.71. The van der Waals surface area contributed by atoms with Gasteiger partial charge in [-0.3, -0.25) is 19.7 Å². The Bertz CT molecular complexity index is 1020. The van der Waals surface area contributed by atoms with Crippen LogP contribution in [0.3, 0.4) is 0 Å². The van der Waals surface area contributed by atoms with Crippen molar-refractivity contribution in [1.82, 2.24) is 15.5 Å². The van der Waals surface area contributed by atoms with Crippen molar-refractivity contribution in [3.8, 4) is 0 Å². The van der Waals surface area contributed by atoms with Gasteiger partial charge in [-0.05, 0) is 76.2 Å². The van der Waals surface area contributed by atoms with Crippen LogP contribution in [0.5, 0.6) is 0 Å². The van der Waals surface area contributed by atoms with E-state index in [1.165, 1.54) is 13.3 Å². The lowest BCUT2D eigenvalue weighted by molar-refractivity contribution is -0.150. The van der Waals surface area contributed by atoms with Gasteiger partial charge < -0.3 is 29.2 Å². The van der Waals surface area contributed by atoms with Gasteiger partial charge in [0.15, 0.2) is 0 Å². The van der Waals surface area contributed by atoms with Crippen molar-refractivity contribution in [2.75, 3.05) is 26.0 Å². The van der Waals surface area contributed by atoms with Gasteiger partial charge in [-0.25, -0.2) is 9.79 Å². The third-order valence-corrected chi connectivity index (χ3v) is 7.72. The molecule has 2 aliphatic heterocycles. The highest BCUT2D eigenvalue weighted by Gasteiger charge is 2.53. The molecule has 1 spiro atoms. The van der Waals surface area contributed by atoms with Gasteiger partial charge in [-0.2, -0.15) is 0 Å². The molecule has 2 fully saturated rings. The van der Waals surface area contributed by atoms with Gasteiger partial charge in [-0.1, -0.05) is 0 Å². The van der Waals surface area contributed by atoms with E-state index >= 15 is 0 Å². The van der Waals surface area contributed by atoms with Crippen molar-refractivity contribution in [2.45, 2.75) is 122 Å². The number of thioether (sulfide) groups is 1. The van der Waals surface area contributed by atoms with Gasteiger partial charge >= 0.3 is 12.1 Å². The minimum atomic E-state index is -0.961. The van der Waals surface area contributed by atoms with Crippen LogP contribution in [0.2, 0.25) is 0 Å². The molecule has 2 heterocycles. The molecule has 0 aromatic rings. The number of alkyl carbamates (subject to hydrolysis) is 1. The van der Waals surface area contributed by atoms with E-state index < -0.39 is 69.9 Å². The Morgan fingerprint density at radius 3 is 2.00 bits per heavy atom. The third-order valence-electron chi connectivity index (χ3n) is 6.29. The number of likely N-dealkylation sites (tertiary alicyclic amines) is 1. The number of nitrogens with zero attached hydrogens (tertiary/aromatic N) is 2. The van der Waals surface area contributed by atoms with Crippen LogP contribution in [-0.4, -0.2) is 107 Å². The standard InChI is InChI=1S/C29H50N4O8S/c1-17(39-26(3,4)5)19(24(36)38-12)13-30-22(34)20-14-42-29(32-20)15-33(16-29)23(35)21(18(2)40-27(6,7)8)31-25(37)41-28(9,10)11/h13,17-21,32H,14-16H2,1-12H3,(H,31,37)/t17-,18-,19?,20+,21+/m1/s1. The van der Waals surface area contributed by atoms with E-state index in [1.54, 1.807) is 51.3 Å². The normalized spacial score (nSPS) is 21.8. The predicted octanol–water partition coefficient (Wildman–Crippen LogP) is 2.92. The first-order valence-corrected chi connectivity index (χ1v) is 15.2. The Balaban J connectivity index is 2.05. The first-order chi connectivity index (χ1) is 19.0. The molecule has 42 heavy (non-hydrogen) atoms. The van der Waals surface area contributed by atoms with Crippen molar-refractivity contribution >= 4 is 41.9 Å². The molecule has 0 aromatic heterocycles. The zero-order valence-electron chi connectivity index (χ0n) is 27.2. The Labute approximate surface area is 254 Å². The first kappa shape index (κ1) is 36.0. The molecule has 2 rings (SSSR count). The van der Waals surface area contributed by atoms with Crippen LogP contribution in [0.15, 0.2) is 4.99 Å². The van der Waals surface area contributed by atoms with Crippen LogP contribution >= 0.6 is 11.8 Å². The number of carbonyl (C=O) groups excluding carboxylic acids is 4. The largest absolute Gasteiger partial charge is 0.468 e. The van der Waals surface area contributed by atoms with E-state index in [9.17, 15) is 19.2 Å². The number of ether oxygens (including phenoxy) is 4. The molecule has 0 aliphatic carbocycles. The zero-order chi connectivity index (χ0) is 32.3. The molecule has 12 nitrogen and oxygen atoms in total. The summed E-state index contributed by atoms with van der Waals surface area (Å²) in [6, 6.07) is -1.54. The SMILES string of the molecule is COC(=O)C(C=NC(=O)[C@@H]1CSC2(CN(C(=O)[C@@H](NC(=O)OC(C)(C)C)[C@@H](C)OC(C)(C)C)C2)N1)[C@@H](C)OC(C)(C)C.